The molecule has 0 radical (unpaired) electrons. The SMILES string of the molecule is COCCN(C)C(=O)c1cn(C2CN(C(=O)c3cccc(C)c3)C2)nn1. The molecule has 3 rings (SSSR count). The first-order valence-corrected chi connectivity index (χ1v) is 8.51. The topological polar surface area (TPSA) is 80.6 Å². The number of aromatic nitrogens is 3. The minimum atomic E-state index is -0.194. The van der Waals surface area contributed by atoms with E-state index in [0.717, 1.165) is 5.56 Å². The van der Waals surface area contributed by atoms with Crippen LogP contribution in [-0.4, -0.2) is 77.0 Å². The van der Waals surface area contributed by atoms with Crippen molar-refractivity contribution in [3.05, 3.63) is 47.3 Å². The highest BCUT2D eigenvalue weighted by atomic mass is 16.5. The number of likely N-dealkylation sites (N-methyl/N-ethyl adjacent to an activating group) is 1. The zero-order valence-corrected chi connectivity index (χ0v) is 15.3. The summed E-state index contributed by atoms with van der Waals surface area (Å²) in [6, 6.07) is 7.60. The molecule has 0 N–H and O–H groups in total. The second-order valence-electron chi connectivity index (χ2n) is 6.54. The van der Waals surface area contributed by atoms with Crippen LogP contribution in [-0.2, 0) is 4.74 Å². The molecule has 1 fully saturated rings. The number of hydrogen-bond acceptors (Lipinski definition) is 5. The Morgan fingerprint density at radius 2 is 2.12 bits per heavy atom. The van der Waals surface area contributed by atoms with Gasteiger partial charge in [-0.05, 0) is 19.1 Å². The van der Waals surface area contributed by atoms with Crippen LogP contribution in [0, 0.1) is 6.92 Å². The van der Waals surface area contributed by atoms with Gasteiger partial charge in [0.2, 0.25) is 0 Å². The monoisotopic (exact) mass is 357 g/mol. The van der Waals surface area contributed by atoms with E-state index in [2.05, 4.69) is 10.3 Å². The number of benzene rings is 1. The second kappa shape index (κ2) is 7.65. The first-order chi connectivity index (χ1) is 12.5. The van der Waals surface area contributed by atoms with Crippen LogP contribution in [0.15, 0.2) is 30.5 Å². The van der Waals surface area contributed by atoms with Crippen LogP contribution < -0.4 is 0 Å². The van der Waals surface area contributed by atoms with Crippen LogP contribution >= 0.6 is 0 Å². The van der Waals surface area contributed by atoms with Crippen LogP contribution in [0.2, 0.25) is 0 Å². The third-order valence-corrected chi connectivity index (χ3v) is 4.50. The molecule has 0 saturated carbocycles. The van der Waals surface area contributed by atoms with Gasteiger partial charge in [0.15, 0.2) is 5.69 Å². The van der Waals surface area contributed by atoms with E-state index in [4.69, 9.17) is 4.74 Å². The van der Waals surface area contributed by atoms with Crippen LogP contribution in [0.25, 0.3) is 0 Å². The fraction of sp³-hybridized carbons (Fsp3) is 0.444. The summed E-state index contributed by atoms with van der Waals surface area (Å²) in [6.07, 6.45) is 1.64. The van der Waals surface area contributed by atoms with E-state index >= 15 is 0 Å². The predicted molar refractivity (Wildman–Crippen MR) is 95.0 cm³/mol. The van der Waals surface area contributed by atoms with Gasteiger partial charge in [-0.1, -0.05) is 22.9 Å². The molecule has 138 valence electrons. The maximum atomic E-state index is 12.5. The fourth-order valence-corrected chi connectivity index (χ4v) is 2.83. The van der Waals surface area contributed by atoms with E-state index < -0.39 is 0 Å². The quantitative estimate of drug-likeness (QED) is 0.771. The summed E-state index contributed by atoms with van der Waals surface area (Å²) in [4.78, 5) is 28.1. The van der Waals surface area contributed by atoms with Crippen LogP contribution in [0.5, 0.6) is 0 Å². The Labute approximate surface area is 152 Å². The average molecular weight is 357 g/mol. The zero-order chi connectivity index (χ0) is 18.7. The Kier molecular flexibility index (Phi) is 5.32. The number of carbonyl (C=O) groups excluding carboxylic acids is 2. The van der Waals surface area contributed by atoms with Crippen LogP contribution in [0.3, 0.4) is 0 Å². The van der Waals surface area contributed by atoms with Crippen molar-refractivity contribution in [1.82, 2.24) is 24.8 Å². The lowest BCUT2D eigenvalue weighted by Gasteiger charge is -2.38. The summed E-state index contributed by atoms with van der Waals surface area (Å²) in [6.45, 7) is 4.04. The average Bonchev–Trinajstić information content (AvgIpc) is 3.07. The minimum Gasteiger partial charge on any atom is -0.383 e. The lowest BCUT2D eigenvalue weighted by atomic mass is 10.1. The second-order valence-corrected chi connectivity index (χ2v) is 6.54. The number of amides is 2. The normalized spacial score (nSPS) is 14.2. The smallest absolute Gasteiger partial charge is 0.275 e. The van der Waals surface area contributed by atoms with Gasteiger partial charge in [-0.25, -0.2) is 4.68 Å². The number of likely N-dealkylation sites (tertiary alicyclic amines) is 1. The third kappa shape index (κ3) is 3.75. The van der Waals surface area contributed by atoms with Crippen molar-refractivity contribution in [1.29, 1.82) is 0 Å². The maximum absolute atomic E-state index is 12.5. The molecule has 1 aromatic carbocycles. The van der Waals surface area contributed by atoms with Crippen molar-refractivity contribution < 1.29 is 14.3 Å². The summed E-state index contributed by atoms with van der Waals surface area (Å²) in [5.41, 5.74) is 2.05. The summed E-state index contributed by atoms with van der Waals surface area (Å²) in [7, 11) is 3.29. The molecule has 0 spiro atoms. The molecule has 1 aromatic heterocycles. The van der Waals surface area contributed by atoms with Gasteiger partial charge in [0.05, 0.1) is 18.8 Å². The Bertz CT molecular complexity index is 798. The van der Waals surface area contributed by atoms with E-state index in [1.165, 1.54) is 0 Å². The number of aryl methyl sites for hydroxylation is 1. The van der Waals surface area contributed by atoms with Crippen molar-refractivity contribution in [3.63, 3.8) is 0 Å². The molecule has 2 amide bonds. The molecule has 1 saturated heterocycles. The van der Waals surface area contributed by atoms with E-state index in [-0.39, 0.29) is 17.9 Å². The minimum absolute atomic E-state index is 0.0145. The zero-order valence-electron chi connectivity index (χ0n) is 15.3. The van der Waals surface area contributed by atoms with E-state index in [9.17, 15) is 9.59 Å². The lowest BCUT2D eigenvalue weighted by Crippen LogP contribution is -2.50. The molecular formula is C18H23N5O3. The molecule has 0 unspecified atom stereocenters. The number of hydrogen-bond donors (Lipinski definition) is 0. The van der Waals surface area contributed by atoms with Crippen molar-refractivity contribution in [3.8, 4) is 0 Å². The van der Waals surface area contributed by atoms with Crippen molar-refractivity contribution in [2.45, 2.75) is 13.0 Å². The van der Waals surface area contributed by atoms with E-state index in [1.54, 1.807) is 34.8 Å². The third-order valence-electron chi connectivity index (χ3n) is 4.50. The van der Waals surface area contributed by atoms with Gasteiger partial charge in [-0.3, -0.25) is 9.59 Å². The molecule has 26 heavy (non-hydrogen) atoms. The highest BCUT2D eigenvalue weighted by molar-refractivity contribution is 5.95. The largest absolute Gasteiger partial charge is 0.383 e. The number of rotatable bonds is 6. The Morgan fingerprint density at radius 3 is 2.81 bits per heavy atom. The number of methoxy groups -OCH3 is 1. The molecule has 0 aliphatic carbocycles. The molecular weight excluding hydrogens is 334 g/mol. The standard InChI is InChI=1S/C18H23N5O3/c1-13-5-4-6-14(9-13)17(24)22-10-15(11-22)23-12-16(19-20-23)18(25)21(2)7-8-26-3/h4-6,9,12,15H,7-8,10-11H2,1-3H3. The van der Waals surface area contributed by atoms with Gasteiger partial charge in [-0.2, -0.15) is 0 Å². The number of ether oxygens (including phenoxy) is 1. The highest BCUT2D eigenvalue weighted by Gasteiger charge is 2.33. The highest BCUT2D eigenvalue weighted by Crippen LogP contribution is 2.23. The summed E-state index contributed by atoms with van der Waals surface area (Å²) < 4.78 is 6.64. The fourth-order valence-electron chi connectivity index (χ4n) is 2.83. The summed E-state index contributed by atoms with van der Waals surface area (Å²) in [5, 5.41) is 8.02. The van der Waals surface area contributed by atoms with Gasteiger partial charge >= 0.3 is 0 Å². The summed E-state index contributed by atoms with van der Waals surface area (Å²) >= 11 is 0. The van der Waals surface area contributed by atoms with Gasteiger partial charge in [-0.15, -0.1) is 5.10 Å². The summed E-state index contributed by atoms with van der Waals surface area (Å²) in [5.74, 6) is -0.180. The van der Waals surface area contributed by atoms with Gasteiger partial charge < -0.3 is 14.5 Å². The first-order valence-electron chi connectivity index (χ1n) is 8.51. The predicted octanol–water partition coefficient (Wildman–Crippen LogP) is 1.00. The first kappa shape index (κ1) is 18.1. The lowest BCUT2D eigenvalue weighted by molar-refractivity contribution is 0.0498. The van der Waals surface area contributed by atoms with Crippen molar-refractivity contribution >= 4 is 11.8 Å². The van der Waals surface area contributed by atoms with Gasteiger partial charge in [0, 0.05) is 39.4 Å². The van der Waals surface area contributed by atoms with E-state index in [0.29, 0.717) is 37.5 Å². The molecule has 0 atom stereocenters. The maximum Gasteiger partial charge on any atom is 0.275 e. The Balaban J connectivity index is 1.57. The van der Waals surface area contributed by atoms with Crippen LogP contribution in [0.1, 0.15) is 32.5 Å². The van der Waals surface area contributed by atoms with Gasteiger partial charge in [0.1, 0.15) is 0 Å². The number of carbonyl (C=O) groups is 2. The molecule has 1 aliphatic heterocycles. The molecule has 0 bridgehead atoms. The van der Waals surface area contributed by atoms with Crippen LogP contribution in [0.4, 0.5) is 0 Å². The van der Waals surface area contributed by atoms with Gasteiger partial charge in [0.25, 0.3) is 11.8 Å². The molecule has 8 nitrogen and oxygen atoms in total. The Hall–Kier alpha value is -2.74. The van der Waals surface area contributed by atoms with Crippen molar-refractivity contribution in [2.75, 3.05) is 40.4 Å². The van der Waals surface area contributed by atoms with Crippen molar-refractivity contribution in [2.24, 2.45) is 0 Å². The Morgan fingerprint density at radius 1 is 1.35 bits per heavy atom. The molecule has 8 heteroatoms. The molecule has 1 aliphatic rings. The van der Waals surface area contributed by atoms with E-state index in [1.807, 2.05) is 31.2 Å². The molecule has 2 aromatic rings. The molecule has 2 heterocycles. The number of nitrogens with zero attached hydrogens (tertiary/aromatic N) is 5.